The molecule has 1 heterocycles. The van der Waals surface area contributed by atoms with E-state index < -0.39 is 0 Å². The molecule has 1 saturated carbocycles. The molecule has 2 N–H and O–H groups in total. The third kappa shape index (κ3) is 4.00. The van der Waals surface area contributed by atoms with Crippen molar-refractivity contribution in [1.82, 2.24) is 10.6 Å². The Bertz CT molecular complexity index is 298. The summed E-state index contributed by atoms with van der Waals surface area (Å²) in [7, 11) is 0. The van der Waals surface area contributed by atoms with Gasteiger partial charge in [0.2, 0.25) is 11.8 Å². The van der Waals surface area contributed by atoms with Crippen LogP contribution in [-0.2, 0) is 9.59 Å². The second-order valence-corrected chi connectivity index (χ2v) is 5.62. The van der Waals surface area contributed by atoms with E-state index in [1.54, 1.807) is 0 Å². The van der Waals surface area contributed by atoms with E-state index in [2.05, 4.69) is 10.6 Å². The van der Waals surface area contributed by atoms with Crippen LogP contribution in [0.1, 0.15) is 57.8 Å². The molecule has 4 heteroatoms. The average Bonchev–Trinajstić information content (AvgIpc) is 2.62. The molecule has 2 aliphatic rings. The molecule has 1 saturated heterocycles. The van der Waals surface area contributed by atoms with E-state index in [4.69, 9.17) is 0 Å². The lowest BCUT2D eigenvalue weighted by Crippen LogP contribution is -2.46. The van der Waals surface area contributed by atoms with Crippen molar-refractivity contribution in [3.8, 4) is 0 Å². The second-order valence-electron chi connectivity index (χ2n) is 5.62. The van der Waals surface area contributed by atoms with Gasteiger partial charge in [-0.1, -0.05) is 25.7 Å². The first kappa shape index (κ1) is 13.4. The zero-order valence-electron chi connectivity index (χ0n) is 11.0. The second kappa shape index (κ2) is 6.76. The summed E-state index contributed by atoms with van der Waals surface area (Å²) in [4.78, 5) is 23.4. The predicted octanol–water partition coefficient (Wildman–Crippen LogP) is 1.74. The molecule has 18 heavy (non-hydrogen) atoms. The molecule has 0 radical (unpaired) electrons. The molecule has 1 atom stereocenters. The maximum atomic E-state index is 12.0. The highest BCUT2D eigenvalue weighted by molar-refractivity contribution is 5.87. The zero-order chi connectivity index (χ0) is 12.8. The first-order chi connectivity index (χ1) is 8.75. The van der Waals surface area contributed by atoms with Crippen molar-refractivity contribution in [2.24, 2.45) is 5.92 Å². The summed E-state index contributed by atoms with van der Waals surface area (Å²) in [5.74, 6) is 0.672. The summed E-state index contributed by atoms with van der Waals surface area (Å²) >= 11 is 0. The summed E-state index contributed by atoms with van der Waals surface area (Å²) in [6, 6.07) is -0.302. The molecule has 0 bridgehead atoms. The van der Waals surface area contributed by atoms with E-state index in [1.807, 2.05) is 0 Å². The van der Waals surface area contributed by atoms with Gasteiger partial charge in [0.15, 0.2) is 0 Å². The van der Waals surface area contributed by atoms with Gasteiger partial charge in [0.05, 0.1) is 0 Å². The van der Waals surface area contributed by atoms with Gasteiger partial charge in [-0.05, 0) is 31.6 Å². The molecule has 2 rings (SSSR count). The monoisotopic (exact) mass is 252 g/mol. The minimum absolute atomic E-state index is 0.0100. The van der Waals surface area contributed by atoms with Gasteiger partial charge in [-0.15, -0.1) is 0 Å². The maximum Gasteiger partial charge on any atom is 0.242 e. The molecule has 0 spiro atoms. The fourth-order valence-electron chi connectivity index (χ4n) is 2.93. The highest BCUT2D eigenvalue weighted by atomic mass is 16.2. The van der Waals surface area contributed by atoms with Crippen molar-refractivity contribution in [1.29, 1.82) is 0 Å². The summed E-state index contributed by atoms with van der Waals surface area (Å²) < 4.78 is 0. The molecule has 0 aromatic carbocycles. The first-order valence-corrected chi connectivity index (χ1v) is 7.33. The van der Waals surface area contributed by atoms with E-state index in [-0.39, 0.29) is 17.9 Å². The van der Waals surface area contributed by atoms with Crippen molar-refractivity contribution < 1.29 is 9.59 Å². The average molecular weight is 252 g/mol. The van der Waals surface area contributed by atoms with Crippen molar-refractivity contribution in [2.45, 2.75) is 63.8 Å². The molecular formula is C14H24N2O2. The largest absolute Gasteiger partial charge is 0.354 e. The van der Waals surface area contributed by atoms with Gasteiger partial charge in [-0.25, -0.2) is 0 Å². The fourth-order valence-corrected chi connectivity index (χ4v) is 2.93. The quantitative estimate of drug-likeness (QED) is 0.804. The van der Waals surface area contributed by atoms with Crippen LogP contribution < -0.4 is 10.6 Å². The Morgan fingerprint density at radius 3 is 2.61 bits per heavy atom. The Morgan fingerprint density at radius 2 is 1.83 bits per heavy atom. The van der Waals surface area contributed by atoms with Gasteiger partial charge in [0, 0.05) is 13.0 Å². The van der Waals surface area contributed by atoms with Gasteiger partial charge in [-0.3, -0.25) is 9.59 Å². The minimum atomic E-state index is -0.302. The van der Waals surface area contributed by atoms with Gasteiger partial charge in [-0.2, -0.15) is 0 Å². The molecule has 1 aliphatic heterocycles. The zero-order valence-corrected chi connectivity index (χ0v) is 11.0. The number of hydrogen-bond donors (Lipinski definition) is 2. The Morgan fingerprint density at radius 1 is 1.11 bits per heavy atom. The minimum Gasteiger partial charge on any atom is -0.354 e. The normalized spacial score (nSPS) is 26.2. The van der Waals surface area contributed by atoms with Crippen LogP contribution in [0.4, 0.5) is 0 Å². The lowest BCUT2D eigenvalue weighted by molar-refractivity contribution is -0.128. The van der Waals surface area contributed by atoms with Crippen LogP contribution in [0.5, 0.6) is 0 Å². The van der Waals surface area contributed by atoms with E-state index in [0.29, 0.717) is 12.3 Å². The standard InChI is InChI=1S/C14H24N2O2/c17-13-9-5-4-8-12(16-13)14(18)15-10-11-6-2-1-3-7-11/h11-12H,1-10H2,(H,15,18)(H,16,17). The third-order valence-electron chi connectivity index (χ3n) is 4.09. The topological polar surface area (TPSA) is 58.2 Å². The molecule has 1 unspecified atom stereocenters. The number of carbonyl (C=O) groups is 2. The van der Waals surface area contributed by atoms with Crippen molar-refractivity contribution in [3.63, 3.8) is 0 Å². The smallest absolute Gasteiger partial charge is 0.242 e. The molecule has 4 nitrogen and oxygen atoms in total. The third-order valence-corrected chi connectivity index (χ3v) is 4.09. The molecule has 0 aromatic heterocycles. The Labute approximate surface area is 109 Å². The van der Waals surface area contributed by atoms with E-state index >= 15 is 0 Å². The van der Waals surface area contributed by atoms with E-state index in [0.717, 1.165) is 25.8 Å². The highest BCUT2D eigenvalue weighted by Gasteiger charge is 2.23. The maximum absolute atomic E-state index is 12.0. The van der Waals surface area contributed by atoms with Gasteiger partial charge < -0.3 is 10.6 Å². The van der Waals surface area contributed by atoms with Crippen LogP contribution in [0.15, 0.2) is 0 Å². The number of nitrogens with one attached hydrogen (secondary N) is 2. The molecule has 1 aliphatic carbocycles. The van der Waals surface area contributed by atoms with Gasteiger partial charge in [0.25, 0.3) is 0 Å². The highest BCUT2D eigenvalue weighted by Crippen LogP contribution is 2.22. The molecule has 102 valence electrons. The van der Waals surface area contributed by atoms with Crippen LogP contribution >= 0.6 is 0 Å². The van der Waals surface area contributed by atoms with Crippen LogP contribution in [-0.4, -0.2) is 24.4 Å². The number of rotatable bonds is 3. The first-order valence-electron chi connectivity index (χ1n) is 7.33. The van der Waals surface area contributed by atoms with E-state index in [1.165, 1.54) is 32.1 Å². The van der Waals surface area contributed by atoms with Crippen molar-refractivity contribution in [3.05, 3.63) is 0 Å². The Balaban J connectivity index is 1.74. The summed E-state index contributed by atoms with van der Waals surface area (Å²) in [5, 5.41) is 5.83. The van der Waals surface area contributed by atoms with Gasteiger partial charge in [0.1, 0.15) is 6.04 Å². The van der Waals surface area contributed by atoms with Crippen LogP contribution in [0.2, 0.25) is 0 Å². The molecule has 2 amide bonds. The molecule has 2 fully saturated rings. The van der Waals surface area contributed by atoms with Gasteiger partial charge >= 0.3 is 0 Å². The number of hydrogen-bond acceptors (Lipinski definition) is 2. The van der Waals surface area contributed by atoms with Crippen molar-refractivity contribution in [2.75, 3.05) is 6.54 Å². The Kier molecular flexibility index (Phi) is 5.02. The lowest BCUT2D eigenvalue weighted by atomic mass is 9.89. The summed E-state index contributed by atoms with van der Waals surface area (Å²) in [6.45, 7) is 0.783. The number of amides is 2. The van der Waals surface area contributed by atoms with E-state index in [9.17, 15) is 9.59 Å². The Hall–Kier alpha value is -1.06. The molecule has 0 aromatic rings. The SMILES string of the molecule is O=C1CCCCC(C(=O)NCC2CCCCC2)N1. The van der Waals surface area contributed by atoms with Crippen LogP contribution in [0, 0.1) is 5.92 Å². The molecular weight excluding hydrogens is 228 g/mol. The number of carbonyl (C=O) groups excluding carboxylic acids is 2. The van der Waals surface area contributed by atoms with Crippen molar-refractivity contribution >= 4 is 11.8 Å². The summed E-state index contributed by atoms with van der Waals surface area (Å²) in [5.41, 5.74) is 0. The van der Waals surface area contributed by atoms with Crippen LogP contribution in [0.25, 0.3) is 0 Å². The lowest BCUT2D eigenvalue weighted by Gasteiger charge is -2.23. The summed E-state index contributed by atoms with van der Waals surface area (Å²) in [6.07, 6.45) is 9.59. The predicted molar refractivity (Wildman–Crippen MR) is 70.0 cm³/mol. The fraction of sp³-hybridized carbons (Fsp3) is 0.857. The van der Waals surface area contributed by atoms with Crippen LogP contribution in [0.3, 0.4) is 0 Å².